The molecule has 1 aliphatic rings. The Kier molecular flexibility index (Phi) is 2.53. The predicted molar refractivity (Wildman–Crippen MR) is 50.6 cm³/mol. The molecule has 1 aliphatic heterocycles. The summed E-state index contributed by atoms with van der Waals surface area (Å²) >= 11 is 5.10. The first-order valence-electron chi connectivity index (χ1n) is 3.18. The van der Waals surface area contributed by atoms with Gasteiger partial charge in [0.05, 0.1) is 0 Å². The molecule has 0 aromatic rings. The molecule has 0 bridgehead atoms. The lowest BCUT2D eigenvalue weighted by atomic mass is 10.2. The summed E-state index contributed by atoms with van der Waals surface area (Å²) in [5.74, 6) is 0. The molecule has 7 heteroatoms. The molecular formula is C6H5Cl2NO3S. The minimum absolute atomic E-state index is 0.103. The largest absolute Gasteiger partial charge is 0.274 e. The number of allylic oxidation sites excluding steroid dienone is 1. The number of aliphatic imine (C=N–C) groups is 1. The molecule has 0 aromatic heterocycles. The minimum Gasteiger partial charge on any atom is -0.274 e. The highest BCUT2D eigenvalue weighted by Gasteiger charge is 2.38. The summed E-state index contributed by atoms with van der Waals surface area (Å²) in [4.78, 5) is 14.2. The standard InChI is InChI=1S/C6H5Cl2NO3S/c1-6(13(8,11)12)2-4(5(7)10)9-3-6/h2-3H,1H3. The van der Waals surface area contributed by atoms with Gasteiger partial charge in [-0.2, -0.15) is 0 Å². The lowest BCUT2D eigenvalue weighted by Gasteiger charge is -2.11. The van der Waals surface area contributed by atoms with Gasteiger partial charge in [0.2, 0.25) is 9.05 Å². The molecule has 0 amide bonds. The quantitative estimate of drug-likeness (QED) is 0.680. The molecule has 0 saturated heterocycles. The summed E-state index contributed by atoms with van der Waals surface area (Å²) in [6.07, 6.45) is 2.19. The van der Waals surface area contributed by atoms with Gasteiger partial charge in [-0.15, -0.1) is 0 Å². The van der Waals surface area contributed by atoms with Gasteiger partial charge in [-0.25, -0.2) is 8.42 Å². The second kappa shape index (κ2) is 3.08. The number of hydrogen-bond acceptors (Lipinski definition) is 4. The van der Waals surface area contributed by atoms with Crippen molar-refractivity contribution in [2.24, 2.45) is 4.99 Å². The Balaban J connectivity index is 3.18. The number of hydrogen-bond donors (Lipinski definition) is 0. The maximum Gasteiger partial charge on any atom is 0.270 e. The van der Waals surface area contributed by atoms with Crippen LogP contribution in [0.5, 0.6) is 0 Å². The third-order valence-corrected chi connectivity index (χ3v) is 4.08. The van der Waals surface area contributed by atoms with Crippen molar-refractivity contribution < 1.29 is 13.2 Å². The summed E-state index contributed by atoms with van der Waals surface area (Å²) in [6.45, 7) is 1.33. The zero-order valence-electron chi connectivity index (χ0n) is 6.49. The van der Waals surface area contributed by atoms with Crippen molar-refractivity contribution >= 4 is 42.8 Å². The normalized spacial score (nSPS) is 27.5. The van der Waals surface area contributed by atoms with E-state index in [0.29, 0.717) is 0 Å². The highest BCUT2D eigenvalue weighted by Crippen LogP contribution is 2.28. The SMILES string of the molecule is CC1(S(=O)(=O)Cl)C=NC(C(=O)Cl)=C1. The van der Waals surface area contributed by atoms with E-state index in [2.05, 4.69) is 4.99 Å². The number of rotatable bonds is 2. The van der Waals surface area contributed by atoms with Crippen molar-refractivity contribution in [2.45, 2.75) is 11.7 Å². The molecule has 13 heavy (non-hydrogen) atoms. The van der Waals surface area contributed by atoms with E-state index in [4.69, 9.17) is 22.3 Å². The lowest BCUT2D eigenvalue weighted by molar-refractivity contribution is -0.108. The highest BCUT2D eigenvalue weighted by molar-refractivity contribution is 8.15. The Morgan fingerprint density at radius 3 is 2.38 bits per heavy atom. The molecule has 0 fully saturated rings. The summed E-state index contributed by atoms with van der Waals surface area (Å²) in [5.41, 5.74) is -0.103. The third-order valence-electron chi connectivity index (χ3n) is 1.61. The Hall–Kier alpha value is -0.390. The third kappa shape index (κ3) is 1.92. The van der Waals surface area contributed by atoms with Crippen LogP contribution in [0.2, 0.25) is 0 Å². The number of carbonyl (C=O) groups excluding carboxylic acids is 1. The second-order valence-corrected chi connectivity index (χ2v) is 6.00. The van der Waals surface area contributed by atoms with E-state index < -0.39 is 19.0 Å². The van der Waals surface area contributed by atoms with Crippen LogP contribution in [0.25, 0.3) is 0 Å². The van der Waals surface area contributed by atoms with Gasteiger partial charge in [0, 0.05) is 16.9 Å². The molecule has 0 aromatic carbocycles. The van der Waals surface area contributed by atoms with Crippen LogP contribution in [0.15, 0.2) is 16.8 Å². The molecule has 1 atom stereocenters. The number of halogens is 2. The summed E-state index contributed by atoms with van der Waals surface area (Å²) < 4.78 is 20.6. The molecule has 72 valence electrons. The van der Waals surface area contributed by atoms with Gasteiger partial charge >= 0.3 is 0 Å². The van der Waals surface area contributed by atoms with Crippen LogP contribution in [0.3, 0.4) is 0 Å². The van der Waals surface area contributed by atoms with Crippen molar-refractivity contribution in [1.29, 1.82) is 0 Å². The molecule has 0 saturated carbocycles. The molecule has 0 N–H and O–H groups in total. The van der Waals surface area contributed by atoms with E-state index in [1.807, 2.05) is 0 Å². The Bertz CT molecular complexity index is 412. The van der Waals surface area contributed by atoms with E-state index in [1.54, 1.807) is 0 Å². The van der Waals surface area contributed by atoms with Crippen LogP contribution in [0.4, 0.5) is 0 Å². The topological polar surface area (TPSA) is 63.6 Å². The fraction of sp³-hybridized carbons (Fsp3) is 0.333. The lowest BCUT2D eigenvalue weighted by Crippen LogP contribution is -2.29. The van der Waals surface area contributed by atoms with E-state index in [9.17, 15) is 13.2 Å². The molecular weight excluding hydrogens is 237 g/mol. The highest BCUT2D eigenvalue weighted by atomic mass is 35.7. The van der Waals surface area contributed by atoms with Crippen molar-refractivity contribution in [1.82, 2.24) is 0 Å². The van der Waals surface area contributed by atoms with Gasteiger partial charge in [0.15, 0.2) is 0 Å². The fourth-order valence-corrected chi connectivity index (χ4v) is 1.57. The van der Waals surface area contributed by atoms with Gasteiger partial charge in [-0.05, 0) is 24.6 Å². The first-order chi connectivity index (χ1) is 5.76. The first kappa shape index (κ1) is 10.7. The molecule has 0 spiro atoms. The van der Waals surface area contributed by atoms with Crippen molar-refractivity contribution in [2.75, 3.05) is 0 Å². The van der Waals surface area contributed by atoms with Crippen molar-refractivity contribution in [3.8, 4) is 0 Å². The zero-order valence-corrected chi connectivity index (χ0v) is 8.82. The number of nitrogens with zero attached hydrogens (tertiary/aromatic N) is 1. The van der Waals surface area contributed by atoms with Gasteiger partial charge in [-0.3, -0.25) is 9.79 Å². The van der Waals surface area contributed by atoms with Crippen LogP contribution < -0.4 is 0 Å². The molecule has 1 heterocycles. The predicted octanol–water partition coefficient (Wildman–Crippen LogP) is 1.05. The maximum atomic E-state index is 11.0. The van der Waals surface area contributed by atoms with Gasteiger partial charge in [-0.1, -0.05) is 0 Å². The van der Waals surface area contributed by atoms with Gasteiger partial charge in [0.25, 0.3) is 5.24 Å². The first-order valence-corrected chi connectivity index (χ1v) is 5.87. The molecule has 0 radical (unpaired) electrons. The summed E-state index contributed by atoms with van der Waals surface area (Å²) in [6, 6.07) is 0. The van der Waals surface area contributed by atoms with Crippen molar-refractivity contribution in [3.05, 3.63) is 11.8 Å². The summed E-state index contributed by atoms with van der Waals surface area (Å²) in [7, 11) is 1.30. The van der Waals surface area contributed by atoms with E-state index in [1.165, 1.54) is 6.92 Å². The van der Waals surface area contributed by atoms with E-state index in [-0.39, 0.29) is 5.70 Å². The average Bonchev–Trinajstić information content (AvgIpc) is 2.31. The van der Waals surface area contributed by atoms with Crippen LogP contribution in [-0.2, 0) is 13.8 Å². The smallest absolute Gasteiger partial charge is 0.270 e. The molecule has 4 nitrogen and oxygen atoms in total. The molecule has 0 aliphatic carbocycles. The van der Waals surface area contributed by atoms with Crippen molar-refractivity contribution in [3.63, 3.8) is 0 Å². The second-order valence-electron chi connectivity index (χ2n) is 2.68. The number of carbonyl (C=O) groups is 1. The van der Waals surface area contributed by atoms with Gasteiger partial charge in [0.1, 0.15) is 10.4 Å². The zero-order chi connectivity index (χ0) is 10.3. The maximum absolute atomic E-state index is 11.0. The fourth-order valence-electron chi connectivity index (χ4n) is 0.785. The van der Waals surface area contributed by atoms with E-state index in [0.717, 1.165) is 12.3 Å². The van der Waals surface area contributed by atoms with Crippen LogP contribution in [-0.4, -0.2) is 24.6 Å². The van der Waals surface area contributed by atoms with E-state index >= 15 is 0 Å². The Morgan fingerprint density at radius 2 is 2.15 bits per heavy atom. The van der Waals surface area contributed by atoms with Crippen LogP contribution in [0.1, 0.15) is 6.92 Å². The Labute approximate surface area is 84.7 Å². The molecule has 1 rings (SSSR count). The Morgan fingerprint density at radius 1 is 1.62 bits per heavy atom. The average molecular weight is 242 g/mol. The summed E-state index contributed by atoms with van der Waals surface area (Å²) in [5, 5.41) is -0.805. The monoisotopic (exact) mass is 241 g/mol. The van der Waals surface area contributed by atoms with Crippen LogP contribution in [0, 0.1) is 0 Å². The minimum atomic E-state index is -3.83. The van der Waals surface area contributed by atoms with Gasteiger partial charge < -0.3 is 0 Å². The van der Waals surface area contributed by atoms with Crippen LogP contribution >= 0.6 is 22.3 Å². The molecule has 1 unspecified atom stereocenters.